The van der Waals surface area contributed by atoms with Crippen molar-refractivity contribution >= 4 is 29.0 Å². The Hall–Kier alpha value is -2.67. The van der Waals surface area contributed by atoms with Crippen LogP contribution in [-0.4, -0.2) is 26.3 Å². The summed E-state index contributed by atoms with van der Waals surface area (Å²) in [6.07, 6.45) is 2.41. The summed E-state index contributed by atoms with van der Waals surface area (Å²) in [6, 6.07) is 6.91. The molecule has 0 radical (unpaired) electrons. The Bertz CT molecular complexity index is 874. The van der Waals surface area contributed by atoms with Gasteiger partial charge in [0.15, 0.2) is 5.82 Å². The van der Waals surface area contributed by atoms with E-state index in [0.717, 1.165) is 11.9 Å². The molecule has 24 heavy (non-hydrogen) atoms. The monoisotopic (exact) mass is 346 g/mol. The number of hydrogen-bond acceptors (Lipinski definition) is 5. The van der Waals surface area contributed by atoms with Crippen molar-refractivity contribution in [3.05, 3.63) is 57.2 Å². The Morgan fingerprint density at radius 2 is 2.12 bits per heavy atom. The lowest BCUT2D eigenvalue weighted by atomic mass is 10.0. The maximum Gasteiger partial charge on any atom is 0.342 e. The number of hydrazone groups is 1. The molecule has 2 heterocycles. The topological polar surface area (TPSA) is 96.6 Å². The van der Waals surface area contributed by atoms with Crippen LogP contribution in [0.3, 0.4) is 0 Å². The van der Waals surface area contributed by atoms with Crippen LogP contribution in [0.2, 0.25) is 5.02 Å². The van der Waals surface area contributed by atoms with Gasteiger partial charge >= 0.3 is 5.97 Å². The predicted molar refractivity (Wildman–Crippen MR) is 91.0 cm³/mol. The maximum absolute atomic E-state index is 12.4. The largest absolute Gasteiger partial charge is 0.477 e. The Balaban J connectivity index is 1.98. The molecule has 1 aliphatic rings. The van der Waals surface area contributed by atoms with E-state index in [4.69, 9.17) is 16.7 Å². The second kappa shape index (κ2) is 6.45. The Morgan fingerprint density at radius 3 is 2.79 bits per heavy atom. The summed E-state index contributed by atoms with van der Waals surface area (Å²) in [5.74, 6) is -0.886. The van der Waals surface area contributed by atoms with Crippen molar-refractivity contribution in [3.63, 3.8) is 0 Å². The average Bonchev–Trinajstić information content (AvgIpc) is 2.55. The third-order valence-electron chi connectivity index (χ3n) is 3.89. The van der Waals surface area contributed by atoms with Crippen LogP contribution in [-0.2, 0) is 0 Å². The second-order valence-corrected chi connectivity index (χ2v) is 5.98. The Kier molecular flexibility index (Phi) is 4.35. The molecule has 0 amide bonds. The molecule has 1 aliphatic heterocycles. The van der Waals surface area contributed by atoms with Gasteiger partial charge in [-0.05, 0) is 44.0 Å². The zero-order valence-electron chi connectivity index (χ0n) is 12.9. The van der Waals surface area contributed by atoms with Crippen LogP contribution in [0.1, 0.15) is 42.0 Å². The summed E-state index contributed by atoms with van der Waals surface area (Å²) in [7, 11) is 0. The number of anilines is 1. The van der Waals surface area contributed by atoms with Gasteiger partial charge in [0.2, 0.25) is 0 Å². The van der Waals surface area contributed by atoms with Crippen molar-refractivity contribution in [1.82, 2.24) is 9.55 Å². The lowest BCUT2D eigenvalue weighted by Crippen LogP contribution is -2.37. The van der Waals surface area contributed by atoms with Gasteiger partial charge in [-0.3, -0.25) is 14.8 Å². The van der Waals surface area contributed by atoms with E-state index in [9.17, 15) is 9.59 Å². The number of benzene rings is 1. The summed E-state index contributed by atoms with van der Waals surface area (Å²) < 4.78 is 1.40. The Morgan fingerprint density at radius 1 is 1.42 bits per heavy atom. The molecule has 0 saturated carbocycles. The summed E-state index contributed by atoms with van der Waals surface area (Å²) in [5.41, 5.74) is 3.38. The molecule has 2 aromatic rings. The Labute approximate surface area is 142 Å². The smallest absolute Gasteiger partial charge is 0.342 e. The first-order chi connectivity index (χ1) is 11.5. The third kappa shape index (κ3) is 3.03. The van der Waals surface area contributed by atoms with Gasteiger partial charge in [-0.2, -0.15) is 5.10 Å². The molecular weight excluding hydrogens is 332 g/mol. The second-order valence-electron chi connectivity index (χ2n) is 5.54. The van der Waals surface area contributed by atoms with Crippen molar-refractivity contribution in [3.8, 4) is 0 Å². The molecule has 1 atom stereocenters. The molecule has 0 aliphatic carbocycles. The lowest BCUT2D eigenvalue weighted by molar-refractivity contribution is 0.0693. The number of aromatic carboxylic acids is 1. The minimum atomic E-state index is -1.28. The molecule has 7 nitrogen and oxygen atoms in total. The number of halogens is 1. The van der Waals surface area contributed by atoms with Gasteiger partial charge in [0.05, 0.1) is 5.69 Å². The molecule has 1 unspecified atom stereocenters. The quantitative estimate of drug-likeness (QED) is 0.833. The fourth-order valence-corrected chi connectivity index (χ4v) is 2.71. The predicted octanol–water partition coefficient (Wildman–Crippen LogP) is 2.77. The van der Waals surface area contributed by atoms with Crippen LogP contribution in [0.5, 0.6) is 0 Å². The third-order valence-corrected chi connectivity index (χ3v) is 4.14. The molecule has 0 spiro atoms. The van der Waals surface area contributed by atoms with E-state index in [1.54, 1.807) is 24.3 Å². The van der Waals surface area contributed by atoms with Crippen LogP contribution in [0, 0.1) is 0 Å². The number of nitrogens with zero attached hydrogens (tertiary/aromatic N) is 3. The molecule has 0 saturated heterocycles. The number of rotatable bonds is 3. The number of carboxylic acids is 1. The van der Waals surface area contributed by atoms with Gasteiger partial charge in [0.25, 0.3) is 5.56 Å². The summed E-state index contributed by atoms with van der Waals surface area (Å²) in [5, 5.41) is 14.0. The van der Waals surface area contributed by atoms with Gasteiger partial charge in [-0.1, -0.05) is 11.6 Å². The van der Waals surface area contributed by atoms with E-state index in [1.807, 2.05) is 6.92 Å². The van der Waals surface area contributed by atoms with Crippen LogP contribution >= 0.6 is 11.6 Å². The van der Waals surface area contributed by atoms with Crippen molar-refractivity contribution < 1.29 is 9.90 Å². The van der Waals surface area contributed by atoms with E-state index in [2.05, 4.69) is 15.5 Å². The first-order valence-corrected chi connectivity index (χ1v) is 7.78. The van der Waals surface area contributed by atoms with E-state index in [-0.39, 0.29) is 11.6 Å². The fraction of sp³-hybridized carbons (Fsp3) is 0.250. The van der Waals surface area contributed by atoms with Crippen LogP contribution in [0.25, 0.3) is 0 Å². The summed E-state index contributed by atoms with van der Waals surface area (Å²) in [4.78, 5) is 27.7. The van der Waals surface area contributed by atoms with Gasteiger partial charge < -0.3 is 5.11 Å². The van der Waals surface area contributed by atoms with Crippen molar-refractivity contribution in [2.24, 2.45) is 5.10 Å². The minimum absolute atomic E-state index is 0.131. The molecule has 0 fully saturated rings. The van der Waals surface area contributed by atoms with Crippen molar-refractivity contribution in [1.29, 1.82) is 0 Å². The van der Waals surface area contributed by atoms with E-state index >= 15 is 0 Å². The van der Waals surface area contributed by atoms with Gasteiger partial charge in [-0.15, -0.1) is 0 Å². The standard InChI is InChI=1S/C16H15ClN4O3/c1-9-2-7-13(20-19-11-5-3-10(17)4-6-11)14-18-8-12(16(23)24)15(22)21(9)14/h3-6,8-9,19H,2,7H2,1H3,(H,23,24)/b20-13+. The highest BCUT2D eigenvalue weighted by atomic mass is 35.5. The number of nitrogens with one attached hydrogen (secondary N) is 1. The first kappa shape index (κ1) is 16.2. The number of carbonyl (C=O) groups is 1. The molecule has 8 heteroatoms. The molecule has 1 aromatic carbocycles. The molecule has 1 aromatic heterocycles. The normalized spacial score (nSPS) is 18.2. The highest BCUT2D eigenvalue weighted by Gasteiger charge is 2.26. The number of aromatic nitrogens is 2. The van der Waals surface area contributed by atoms with Crippen molar-refractivity contribution in [2.45, 2.75) is 25.8 Å². The van der Waals surface area contributed by atoms with Crippen LogP contribution in [0.4, 0.5) is 5.69 Å². The summed E-state index contributed by atoms with van der Waals surface area (Å²) in [6.45, 7) is 1.86. The highest BCUT2D eigenvalue weighted by molar-refractivity contribution is 6.30. The van der Waals surface area contributed by atoms with E-state index < -0.39 is 11.5 Å². The van der Waals surface area contributed by atoms with Crippen LogP contribution < -0.4 is 11.0 Å². The maximum atomic E-state index is 12.4. The molecule has 3 rings (SSSR count). The fourth-order valence-electron chi connectivity index (χ4n) is 2.59. The minimum Gasteiger partial charge on any atom is -0.477 e. The molecule has 124 valence electrons. The van der Waals surface area contributed by atoms with Gasteiger partial charge in [0.1, 0.15) is 11.3 Å². The van der Waals surface area contributed by atoms with Crippen molar-refractivity contribution in [2.75, 3.05) is 5.43 Å². The van der Waals surface area contributed by atoms with E-state index in [0.29, 0.717) is 29.4 Å². The number of hydrogen-bond donors (Lipinski definition) is 2. The number of fused-ring (bicyclic) bond motifs is 1. The van der Waals surface area contributed by atoms with Gasteiger partial charge in [-0.25, -0.2) is 9.78 Å². The van der Waals surface area contributed by atoms with E-state index in [1.165, 1.54) is 4.57 Å². The zero-order chi connectivity index (χ0) is 17.3. The molecule has 2 N–H and O–H groups in total. The molecular formula is C16H15ClN4O3. The number of carboxylic acid groups (broad SMARTS) is 1. The average molecular weight is 347 g/mol. The van der Waals surface area contributed by atoms with Gasteiger partial charge in [0, 0.05) is 17.3 Å². The highest BCUT2D eigenvalue weighted by Crippen LogP contribution is 2.22. The lowest BCUT2D eigenvalue weighted by Gasteiger charge is -2.25. The molecule has 0 bridgehead atoms. The zero-order valence-corrected chi connectivity index (χ0v) is 13.6. The van der Waals surface area contributed by atoms with Crippen LogP contribution in [0.15, 0.2) is 40.4 Å². The first-order valence-electron chi connectivity index (χ1n) is 7.40. The SMILES string of the molecule is CC1CC/C(=N\Nc2ccc(Cl)cc2)c2ncc(C(=O)O)c(=O)n21. The summed E-state index contributed by atoms with van der Waals surface area (Å²) >= 11 is 5.84.